The van der Waals surface area contributed by atoms with Gasteiger partial charge in [0.05, 0.1) is 6.61 Å². The standard InChI is InChI=1S/C27H38N5O13P/c1-15(25(37)44-27(5,6)7)31-46(38,45-19-11-9-8-10-12-19)39-14-20-23(40-16(2)33)24(41-17(3)34)22(26(43-20)42-18(4)35)30-21(36)13-29-32-28/h8-12,15,20,22-24,26H,13-14H2,1-7H3,(H,30,36)(H,31,38)/t15-,20+,22-,23+,24+,26?,46?/m0/s1. The van der Waals surface area contributed by atoms with Crippen molar-refractivity contribution < 1.29 is 61.3 Å². The SMILES string of the molecule is CC(=O)OC1O[C@H](COP(=O)(N[C@@H](C)C(=O)OC(C)(C)C)Oc2ccccc2)[C@@H](OC(C)=O)[C@H](OC(C)=O)[C@@H]1NC(=O)CN=[N+]=[N-]. The van der Waals surface area contributed by atoms with E-state index in [1.165, 1.54) is 19.1 Å². The first kappa shape index (κ1) is 38.0. The number of para-hydroxylation sites is 1. The number of ether oxygens (including phenoxy) is 5. The monoisotopic (exact) mass is 671 g/mol. The summed E-state index contributed by atoms with van der Waals surface area (Å²) in [6.07, 6.45) is -6.27. The van der Waals surface area contributed by atoms with Crippen LogP contribution >= 0.6 is 7.75 Å². The molecule has 2 rings (SSSR count). The van der Waals surface area contributed by atoms with Gasteiger partial charge in [-0.2, -0.15) is 5.09 Å². The first-order valence-electron chi connectivity index (χ1n) is 13.9. The topological polar surface area (TPSA) is 240 Å². The Morgan fingerprint density at radius 1 is 1.00 bits per heavy atom. The molecule has 1 fully saturated rings. The predicted molar refractivity (Wildman–Crippen MR) is 157 cm³/mol. The molecule has 0 radical (unpaired) electrons. The van der Waals surface area contributed by atoms with E-state index in [1.54, 1.807) is 39.0 Å². The van der Waals surface area contributed by atoms with Crippen molar-refractivity contribution in [1.82, 2.24) is 10.4 Å². The van der Waals surface area contributed by atoms with Crippen LogP contribution in [-0.2, 0) is 56.7 Å². The van der Waals surface area contributed by atoms with E-state index in [0.717, 1.165) is 20.8 Å². The van der Waals surface area contributed by atoms with Gasteiger partial charge in [0.2, 0.25) is 12.2 Å². The highest BCUT2D eigenvalue weighted by Gasteiger charge is 2.52. The molecule has 0 spiro atoms. The number of esters is 4. The Bertz CT molecular complexity index is 1350. The van der Waals surface area contributed by atoms with Crippen molar-refractivity contribution in [3.63, 3.8) is 0 Å². The number of amides is 1. The van der Waals surface area contributed by atoms with E-state index < -0.39 is 93.0 Å². The zero-order chi connectivity index (χ0) is 34.7. The van der Waals surface area contributed by atoms with Crippen LogP contribution in [0.2, 0.25) is 0 Å². The van der Waals surface area contributed by atoms with Crippen LogP contribution < -0.4 is 14.9 Å². The average Bonchev–Trinajstić information content (AvgIpc) is 2.93. The zero-order valence-electron chi connectivity index (χ0n) is 26.4. The number of nitrogens with one attached hydrogen (secondary N) is 2. The van der Waals surface area contributed by atoms with Crippen molar-refractivity contribution in [2.24, 2.45) is 5.11 Å². The van der Waals surface area contributed by atoms with Gasteiger partial charge < -0.3 is 33.5 Å². The second-order valence-corrected chi connectivity index (χ2v) is 12.6. The van der Waals surface area contributed by atoms with Crippen LogP contribution in [0.15, 0.2) is 35.4 Å². The van der Waals surface area contributed by atoms with Gasteiger partial charge >= 0.3 is 31.6 Å². The van der Waals surface area contributed by atoms with Gasteiger partial charge in [0.25, 0.3) is 0 Å². The lowest BCUT2D eigenvalue weighted by Gasteiger charge is -2.44. The first-order chi connectivity index (χ1) is 21.4. The third-order valence-electron chi connectivity index (χ3n) is 5.63. The maximum atomic E-state index is 14.1. The molecule has 1 aliphatic rings. The fourth-order valence-corrected chi connectivity index (χ4v) is 5.51. The van der Waals surface area contributed by atoms with Crippen LogP contribution in [0, 0.1) is 0 Å². The van der Waals surface area contributed by atoms with Crippen molar-refractivity contribution in [2.75, 3.05) is 13.2 Å². The molecule has 7 atom stereocenters. The second-order valence-electron chi connectivity index (χ2n) is 10.9. The molecule has 0 aliphatic carbocycles. The minimum absolute atomic E-state index is 0.0919. The number of rotatable bonds is 14. The lowest BCUT2D eigenvalue weighted by molar-refractivity contribution is -0.268. The van der Waals surface area contributed by atoms with Gasteiger partial charge in [0.15, 0.2) is 12.2 Å². The molecule has 1 heterocycles. The Morgan fingerprint density at radius 3 is 2.13 bits per heavy atom. The van der Waals surface area contributed by atoms with Crippen LogP contribution in [0.25, 0.3) is 10.4 Å². The minimum atomic E-state index is -4.49. The summed E-state index contributed by atoms with van der Waals surface area (Å²) < 4.78 is 52.6. The normalized spacial score (nSPS) is 22.9. The highest BCUT2D eigenvalue weighted by Crippen LogP contribution is 2.46. The molecule has 0 bridgehead atoms. The number of nitrogens with zero attached hydrogens (tertiary/aromatic N) is 3. The molecular formula is C27H38N5O13P. The van der Waals surface area contributed by atoms with Gasteiger partial charge in [0, 0.05) is 25.7 Å². The molecule has 254 valence electrons. The largest absolute Gasteiger partial charge is 0.459 e. The Labute approximate surface area is 264 Å². The van der Waals surface area contributed by atoms with Crippen molar-refractivity contribution in [3.8, 4) is 5.75 Å². The molecule has 46 heavy (non-hydrogen) atoms. The number of azide groups is 1. The third-order valence-corrected chi connectivity index (χ3v) is 7.27. The first-order valence-corrected chi connectivity index (χ1v) is 15.4. The van der Waals surface area contributed by atoms with E-state index in [0.29, 0.717) is 0 Å². The lowest BCUT2D eigenvalue weighted by atomic mass is 9.96. The molecule has 18 nitrogen and oxygen atoms in total. The summed E-state index contributed by atoms with van der Waals surface area (Å²) in [7, 11) is -4.49. The summed E-state index contributed by atoms with van der Waals surface area (Å²) in [5.74, 6) is -4.19. The van der Waals surface area contributed by atoms with E-state index in [-0.39, 0.29) is 5.75 Å². The Balaban J connectivity index is 2.49. The fourth-order valence-electron chi connectivity index (χ4n) is 4.01. The summed E-state index contributed by atoms with van der Waals surface area (Å²) in [5, 5.41) is 8.06. The number of hydrogen-bond acceptors (Lipinski definition) is 14. The smallest absolute Gasteiger partial charge is 0.459 e. The molecule has 1 aromatic carbocycles. The number of carbonyl (C=O) groups excluding carboxylic acids is 5. The third kappa shape index (κ3) is 12.7. The highest BCUT2D eigenvalue weighted by molar-refractivity contribution is 7.52. The Morgan fingerprint density at radius 2 is 1.59 bits per heavy atom. The maximum Gasteiger partial charge on any atom is 0.459 e. The lowest BCUT2D eigenvalue weighted by Crippen LogP contribution is -2.67. The van der Waals surface area contributed by atoms with Gasteiger partial charge in [-0.15, -0.1) is 0 Å². The van der Waals surface area contributed by atoms with Crippen LogP contribution in [0.1, 0.15) is 48.5 Å². The van der Waals surface area contributed by atoms with Gasteiger partial charge in [0.1, 0.15) is 36.1 Å². The van der Waals surface area contributed by atoms with Crippen LogP contribution in [0.5, 0.6) is 5.75 Å². The minimum Gasteiger partial charge on any atom is -0.459 e. The number of benzene rings is 1. The van der Waals surface area contributed by atoms with Crippen molar-refractivity contribution in [1.29, 1.82) is 0 Å². The van der Waals surface area contributed by atoms with E-state index in [9.17, 15) is 28.5 Å². The summed E-state index contributed by atoms with van der Waals surface area (Å²) in [5.41, 5.74) is 7.71. The van der Waals surface area contributed by atoms with E-state index in [2.05, 4.69) is 20.4 Å². The summed E-state index contributed by atoms with van der Waals surface area (Å²) in [4.78, 5) is 64.0. The van der Waals surface area contributed by atoms with Crippen molar-refractivity contribution >= 4 is 37.5 Å². The molecule has 1 amide bonds. The number of hydrogen-bond donors (Lipinski definition) is 2. The molecular weight excluding hydrogens is 633 g/mol. The Kier molecular flexibility index (Phi) is 14.0. The molecule has 1 aliphatic heterocycles. The van der Waals surface area contributed by atoms with Crippen molar-refractivity contribution in [3.05, 3.63) is 40.8 Å². The molecule has 1 aromatic rings. The number of carbonyl (C=O) groups is 5. The highest BCUT2D eigenvalue weighted by atomic mass is 31.2. The predicted octanol–water partition coefficient (Wildman–Crippen LogP) is 2.46. The van der Waals surface area contributed by atoms with E-state index in [1.807, 2.05) is 0 Å². The summed E-state index contributed by atoms with van der Waals surface area (Å²) >= 11 is 0. The molecule has 0 aromatic heterocycles. The van der Waals surface area contributed by atoms with E-state index in [4.69, 9.17) is 38.3 Å². The molecule has 0 saturated carbocycles. The quantitative estimate of drug-likeness (QED) is 0.0721. The fraction of sp³-hybridized carbons (Fsp3) is 0.593. The van der Waals surface area contributed by atoms with Gasteiger partial charge in [-0.3, -0.25) is 28.5 Å². The van der Waals surface area contributed by atoms with Crippen LogP contribution in [0.4, 0.5) is 0 Å². The van der Waals surface area contributed by atoms with Crippen molar-refractivity contribution in [2.45, 2.75) is 90.8 Å². The zero-order valence-corrected chi connectivity index (χ0v) is 27.3. The van der Waals surface area contributed by atoms with Gasteiger partial charge in [-0.05, 0) is 45.4 Å². The van der Waals surface area contributed by atoms with Crippen LogP contribution in [-0.4, -0.2) is 85.2 Å². The molecule has 19 heteroatoms. The second kappa shape index (κ2) is 16.9. The summed E-state index contributed by atoms with van der Waals surface area (Å²) in [6.45, 7) is 8.02. The average molecular weight is 672 g/mol. The molecule has 1 saturated heterocycles. The molecule has 2 unspecified atom stereocenters. The Hall–Kier alpha value is -4.21. The summed E-state index contributed by atoms with van der Waals surface area (Å²) in [6, 6.07) is 5.14. The van der Waals surface area contributed by atoms with Gasteiger partial charge in [-0.25, -0.2) is 4.57 Å². The van der Waals surface area contributed by atoms with Gasteiger partial charge in [-0.1, -0.05) is 23.3 Å². The van der Waals surface area contributed by atoms with E-state index >= 15 is 0 Å². The molecule has 2 N–H and O–H groups in total. The maximum absolute atomic E-state index is 14.1. The van der Waals surface area contributed by atoms with Crippen LogP contribution in [0.3, 0.4) is 0 Å².